The molecule has 2 aliphatic rings. The first-order valence-corrected chi connectivity index (χ1v) is 9.75. The summed E-state index contributed by atoms with van der Waals surface area (Å²) in [4.78, 5) is 30.0. The number of nitrogens with zero attached hydrogens (tertiary/aromatic N) is 4. The average molecular weight is 370 g/mol. The van der Waals surface area contributed by atoms with Gasteiger partial charge >= 0.3 is 5.97 Å². The molecular formula is C20H26N4O3. The Morgan fingerprint density at radius 1 is 1.22 bits per heavy atom. The van der Waals surface area contributed by atoms with Gasteiger partial charge in [0, 0.05) is 29.0 Å². The minimum absolute atomic E-state index is 0.0429. The number of esters is 1. The SMILES string of the molecule is CCC(=O)OC1CCCC1N(C(=O)C1CCC(N=[N+]=[N-])C1)c1ccccc1. The molecule has 0 saturated heterocycles. The Morgan fingerprint density at radius 2 is 2.00 bits per heavy atom. The van der Waals surface area contributed by atoms with E-state index >= 15 is 0 Å². The van der Waals surface area contributed by atoms with Gasteiger partial charge in [-0.3, -0.25) is 9.59 Å². The second-order valence-corrected chi connectivity index (χ2v) is 7.29. The van der Waals surface area contributed by atoms with E-state index in [1.54, 1.807) is 6.92 Å². The number of carbonyl (C=O) groups excluding carboxylic acids is 2. The van der Waals surface area contributed by atoms with E-state index in [2.05, 4.69) is 10.0 Å². The summed E-state index contributed by atoms with van der Waals surface area (Å²) in [6.45, 7) is 1.78. The number of rotatable bonds is 6. The fourth-order valence-corrected chi connectivity index (χ4v) is 4.22. The summed E-state index contributed by atoms with van der Waals surface area (Å²) in [5.74, 6) is -0.346. The van der Waals surface area contributed by atoms with Crippen LogP contribution in [0.4, 0.5) is 5.69 Å². The number of amides is 1. The largest absolute Gasteiger partial charge is 0.460 e. The van der Waals surface area contributed by atoms with Crippen LogP contribution in [0.5, 0.6) is 0 Å². The van der Waals surface area contributed by atoms with Crippen molar-refractivity contribution in [2.75, 3.05) is 4.90 Å². The van der Waals surface area contributed by atoms with E-state index in [-0.39, 0.29) is 36.0 Å². The molecule has 0 spiro atoms. The number of hydrogen-bond donors (Lipinski definition) is 0. The fraction of sp³-hybridized carbons (Fsp3) is 0.600. The number of ether oxygens (including phenoxy) is 1. The Kier molecular flexibility index (Phi) is 6.35. The fourth-order valence-electron chi connectivity index (χ4n) is 4.22. The normalized spacial score (nSPS) is 27.0. The molecule has 3 rings (SSSR count). The van der Waals surface area contributed by atoms with E-state index in [0.29, 0.717) is 12.8 Å². The van der Waals surface area contributed by atoms with Crippen LogP contribution in [-0.4, -0.2) is 30.1 Å². The van der Waals surface area contributed by atoms with Gasteiger partial charge in [-0.05, 0) is 56.2 Å². The van der Waals surface area contributed by atoms with Crippen LogP contribution in [0.1, 0.15) is 51.9 Å². The van der Waals surface area contributed by atoms with Gasteiger partial charge in [-0.25, -0.2) is 0 Å². The minimum atomic E-state index is -0.268. The van der Waals surface area contributed by atoms with Crippen LogP contribution in [0.15, 0.2) is 35.4 Å². The van der Waals surface area contributed by atoms with E-state index in [4.69, 9.17) is 10.3 Å². The molecule has 4 unspecified atom stereocenters. The third kappa shape index (κ3) is 4.42. The molecule has 0 N–H and O–H groups in total. The lowest BCUT2D eigenvalue weighted by Crippen LogP contribution is -2.48. The van der Waals surface area contributed by atoms with Crippen LogP contribution in [0.3, 0.4) is 0 Å². The number of benzene rings is 1. The van der Waals surface area contributed by atoms with Gasteiger partial charge in [-0.15, -0.1) is 0 Å². The molecular weight excluding hydrogens is 344 g/mol. The van der Waals surface area contributed by atoms with Crippen molar-refractivity contribution in [3.63, 3.8) is 0 Å². The van der Waals surface area contributed by atoms with Crippen molar-refractivity contribution < 1.29 is 14.3 Å². The van der Waals surface area contributed by atoms with Crippen molar-refractivity contribution in [1.82, 2.24) is 0 Å². The highest BCUT2D eigenvalue weighted by molar-refractivity contribution is 5.96. The van der Waals surface area contributed by atoms with Gasteiger partial charge in [0.25, 0.3) is 0 Å². The van der Waals surface area contributed by atoms with Gasteiger partial charge in [0.15, 0.2) is 0 Å². The third-order valence-corrected chi connectivity index (χ3v) is 5.56. The molecule has 1 aromatic rings. The standard InChI is InChI=1S/C20H26N4O3/c1-2-19(25)27-18-10-6-9-17(18)24(16-7-4-3-5-8-16)20(26)14-11-12-15(13-14)22-23-21/h3-5,7-8,14-15,17-18H,2,6,9-13H2,1H3. The van der Waals surface area contributed by atoms with E-state index in [0.717, 1.165) is 37.8 Å². The quantitative estimate of drug-likeness (QED) is 0.322. The lowest BCUT2D eigenvalue weighted by atomic mass is 10.0. The van der Waals surface area contributed by atoms with Gasteiger partial charge in [-0.1, -0.05) is 30.2 Å². The average Bonchev–Trinajstić information content (AvgIpc) is 3.33. The molecule has 2 saturated carbocycles. The molecule has 1 aromatic carbocycles. The summed E-state index contributed by atoms with van der Waals surface area (Å²) in [6.07, 6.45) is 4.62. The zero-order valence-electron chi connectivity index (χ0n) is 15.7. The number of hydrogen-bond acceptors (Lipinski definition) is 4. The Labute approximate surface area is 159 Å². The topological polar surface area (TPSA) is 95.4 Å². The summed E-state index contributed by atoms with van der Waals surface area (Å²) >= 11 is 0. The maximum atomic E-state index is 13.4. The van der Waals surface area contributed by atoms with Crippen molar-refractivity contribution in [3.8, 4) is 0 Å². The van der Waals surface area contributed by atoms with Gasteiger partial charge in [0.05, 0.1) is 6.04 Å². The first kappa shape index (κ1) is 19.2. The van der Waals surface area contributed by atoms with Gasteiger partial charge in [0.1, 0.15) is 6.10 Å². The van der Waals surface area contributed by atoms with E-state index in [1.807, 2.05) is 35.2 Å². The molecule has 0 heterocycles. The van der Waals surface area contributed by atoms with Gasteiger partial charge in [-0.2, -0.15) is 0 Å². The molecule has 144 valence electrons. The summed E-state index contributed by atoms with van der Waals surface area (Å²) in [7, 11) is 0. The van der Waals surface area contributed by atoms with Crippen molar-refractivity contribution in [1.29, 1.82) is 0 Å². The van der Waals surface area contributed by atoms with E-state index in [9.17, 15) is 9.59 Å². The third-order valence-electron chi connectivity index (χ3n) is 5.56. The van der Waals surface area contributed by atoms with Crippen molar-refractivity contribution in [2.24, 2.45) is 11.0 Å². The minimum Gasteiger partial charge on any atom is -0.460 e. The number of azide groups is 1. The van der Waals surface area contributed by atoms with E-state index in [1.165, 1.54) is 0 Å². The van der Waals surface area contributed by atoms with Gasteiger partial charge < -0.3 is 9.64 Å². The molecule has 0 radical (unpaired) electrons. The van der Waals surface area contributed by atoms with Crippen molar-refractivity contribution in [2.45, 2.75) is 70.1 Å². The molecule has 7 heteroatoms. The first-order valence-electron chi connectivity index (χ1n) is 9.75. The Hall–Kier alpha value is -2.53. The van der Waals surface area contributed by atoms with E-state index < -0.39 is 0 Å². The van der Waals surface area contributed by atoms with Crippen LogP contribution >= 0.6 is 0 Å². The van der Waals surface area contributed by atoms with Crippen LogP contribution < -0.4 is 4.90 Å². The highest BCUT2D eigenvalue weighted by atomic mass is 16.5. The predicted molar refractivity (Wildman–Crippen MR) is 102 cm³/mol. The maximum Gasteiger partial charge on any atom is 0.305 e. The van der Waals surface area contributed by atoms with Crippen LogP contribution in [-0.2, 0) is 14.3 Å². The smallest absolute Gasteiger partial charge is 0.305 e. The van der Waals surface area contributed by atoms with Crippen LogP contribution in [0, 0.1) is 5.92 Å². The summed E-state index contributed by atoms with van der Waals surface area (Å²) < 4.78 is 5.65. The first-order chi connectivity index (χ1) is 13.1. The maximum absolute atomic E-state index is 13.4. The molecule has 0 aliphatic heterocycles. The van der Waals surface area contributed by atoms with Crippen LogP contribution in [0.25, 0.3) is 10.4 Å². The lowest BCUT2D eigenvalue weighted by molar-refractivity contribution is -0.149. The Morgan fingerprint density at radius 3 is 2.70 bits per heavy atom. The molecule has 7 nitrogen and oxygen atoms in total. The van der Waals surface area contributed by atoms with Gasteiger partial charge in [0.2, 0.25) is 5.91 Å². The highest BCUT2D eigenvalue weighted by Crippen LogP contribution is 2.36. The molecule has 4 atom stereocenters. The molecule has 2 fully saturated rings. The molecule has 27 heavy (non-hydrogen) atoms. The molecule has 0 aromatic heterocycles. The molecule has 1 amide bonds. The highest BCUT2D eigenvalue weighted by Gasteiger charge is 2.41. The van der Waals surface area contributed by atoms with Crippen molar-refractivity contribution >= 4 is 17.6 Å². The Bertz CT molecular complexity index is 717. The molecule has 0 bridgehead atoms. The Balaban J connectivity index is 1.84. The zero-order chi connectivity index (χ0) is 19.2. The number of para-hydroxylation sites is 1. The number of carbonyl (C=O) groups is 2. The summed E-state index contributed by atoms with van der Waals surface area (Å²) in [6, 6.07) is 9.34. The predicted octanol–water partition coefficient (Wildman–Crippen LogP) is 4.37. The second-order valence-electron chi connectivity index (χ2n) is 7.29. The second kappa shape index (κ2) is 8.91. The molecule has 2 aliphatic carbocycles. The lowest BCUT2D eigenvalue weighted by Gasteiger charge is -2.34. The summed E-state index contributed by atoms with van der Waals surface area (Å²) in [5.41, 5.74) is 9.50. The summed E-state index contributed by atoms with van der Waals surface area (Å²) in [5, 5.41) is 3.79. The monoisotopic (exact) mass is 370 g/mol. The zero-order valence-corrected chi connectivity index (χ0v) is 15.7. The number of anilines is 1. The van der Waals surface area contributed by atoms with Crippen LogP contribution in [0.2, 0.25) is 0 Å². The van der Waals surface area contributed by atoms with Crippen molar-refractivity contribution in [3.05, 3.63) is 40.8 Å².